The lowest BCUT2D eigenvalue weighted by Gasteiger charge is -2.14. The number of hydrogen-bond acceptors (Lipinski definition) is 7. The van der Waals surface area contributed by atoms with E-state index < -0.39 is 10.8 Å². The summed E-state index contributed by atoms with van der Waals surface area (Å²) < 4.78 is 7.67. The second-order valence-corrected chi connectivity index (χ2v) is 9.69. The summed E-state index contributed by atoms with van der Waals surface area (Å²) in [6, 6.07) is 27.7. The average Bonchev–Trinajstić information content (AvgIpc) is 3.32. The van der Waals surface area contributed by atoms with E-state index in [1.165, 1.54) is 34.7 Å². The summed E-state index contributed by atoms with van der Waals surface area (Å²) in [4.78, 5) is 28.8. The van der Waals surface area contributed by atoms with Crippen molar-refractivity contribution in [3.8, 4) is 11.5 Å². The molecule has 0 aliphatic carbocycles. The normalized spacial score (nSPS) is 11.1. The minimum Gasteiger partial charge on any atom is -0.457 e. The third kappa shape index (κ3) is 5.71. The molecular formula is C27H17BrN4O4S. The van der Waals surface area contributed by atoms with Crippen molar-refractivity contribution in [3.05, 3.63) is 123 Å². The van der Waals surface area contributed by atoms with Crippen molar-refractivity contribution in [1.82, 2.24) is 4.98 Å². The molecule has 0 aliphatic heterocycles. The summed E-state index contributed by atoms with van der Waals surface area (Å²) in [6.45, 7) is 0. The summed E-state index contributed by atoms with van der Waals surface area (Å²) in [5, 5.41) is 17.0. The van der Waals surface area contributed by atoms with Crippen LogP contribution in [0.3, 0.4) is 0 Å². The standard InChI is InChI=1S/C27H17BrN4O4S/c28-20-11-14-24-25(16-20)37-27(30-24)31(29-17-18-9-12-21(13-10-18)32(34)35)26(33)19-5-4-8-23(15-19)36-22-6-2-1-3-7-22/h1-17H/b29-17+. The van der Waals surface area contributed by atoms with Gasteiger partial charge in [0.1, 0.15) is 11.5 Å². The Morgan fingerprint density at radius 1 is 0.973 bits per heavy atom. The molecule has 0 saturated heterocycles. The van der Waals surface area contributed by atoms with Crippen molar-refractivity contribution < 1.29 is 14.5 Å². The molecule has 37 heavy (non-hydrogen) atoms. The zero-order chi connectivity index (χ0) is 25.8. The van der Waals surface area contributed by atoms with Gasteiger partial charge in [-0.15, -0.1) is 0 Å². The number of anilines is 1. The number of nitro groups is 1. The Hall–Kier alpha value is -4.41. The lowest BCUT2D eigenvalue weighted by Crippen LogP contribution is -2.25. The van der Waals surface area contributed by atoms with E-state index in [1.54, 1.807) is 36.4 Å². The highest BCUT2D eigenvalue weighted by Gasteiger charge is 2.22. The van der Waals surface area contributed by atoms with Crippen molar-refractivity contribution in [2.45, 2.75) is 0 Å². The number of nitrogens with zero attached hydrogens (tertiary/aromatic N) is 4. The molecule has 1 aromatic heterocycles. The van der Waals surface area contributed by atoms with E-state index in [0.717, 1.165) is 14.7 Å². The van der Waals surface area contributed by atoms with E-state index in [1.807, 2.05) is 48.5 Å². The van der Waals surface area contributed by atoms with Gasteiger partial charge in [0.25, 0.3) is 11.6 Å². The fourth-order valence-corrected chi connectivity index (χ4v) is 4.89. The zero-order valence-electron chi connectivity index (χ0n) is 19.0. The van der Waals surface area contributed by atoms with E-state index in [2.05, 4.69) is 26.0 Å². The highest BCUT2D eigenvalue weighted by atomic mass is 79.9. The molecule has 0 saturated carbocycles. The molecule has 0 unspecified atom stereocenters. The van der Waals surface area contributed by atoms with Gasteiger partial charge in [0.05, 0.1) is 21.4 Å². The third-order valence-corrected chi connectivity index (χ3v) is 6.69. The molecule has 0 aliphatic rings. The highest BCUT2D eigenvalue weighted by Crippen LogP contribution is 2.32. The molecule has 4 aromatic carbocycles. The predicted octanol–water partition coefficient (Wildman–Crippen LogP) is 7.44. The highest BCUT2D eigenvalue weighted by molar-refractivity contribution is 9.10. The van der Waals surface area contributed by atoms with Crippen molar-refractivity contribution in [2.24, 2.45) is 5.10 Å². The largest absolute Gasteiger partial charge is 0.457 e. The number of halogens is 1. The number of aromatic nitrogens is 1. The first-order chi connectivity index (χ1) is 18.0. The SMILES string of the molecule is O=C(c1cccc(Oc2ccccc2)c1)N(/N=C/c1ccc([N+](=O)[O-])cc1)c1nc2ccc(Br)cc2s1. The van der Waals surface area contributed by atoms with Crippen LogP contribution in [0.5, 0.6) is 11.5 Å². The third-order valence-electron chi connectivity index (χ3n) is 5.20. The second kappa shape index (κ2) is 10.7. The molecule has 0 atom stereocenters. The Labute approximate surface area is 223 Å². The van der Waals surface area contributed by atoms with E-state index in [4.69, 9.17) is 4.74 Å². The van der Waals surface area contributed by atoms with Gasteiger partial charge in [-0.2, -0.15) is 10.1 Å². The number of para-hydroxylation sites is 1. The molecule has 5 rings (SSSR count). The maximum Gasteiger partial charge on any atom is 0.280 e. The van der Waals surface area contributed by atoms with E-state index >= 15 is 0 Å². The predicted molar refractivity (Wildman–Crippen MR) is 148 cm³/mol. The fraction of sp³-hybridized carbons (Fsp3) is 0. The van der Waals surface area contributed by atoms with Crippen LogP contribution in [-0.2, 0) is 0 Å². The minimum absolute atomic E-state index is 0.0305. The molecule has 10 heteroatoms. The van der Waals surface area contributed by atoms with Crippen LogP contribution >= 0.6 is 27.3 Å². The van der Waals surface area contributed by atoms with Gasteiger partial charge >= 0.3 is 0 Å². The van der Waals surface area contributed by atoms with Crippen molar-refractivity contribution in [3.63, 3.8) is 0 Å². The van der Waals surface area contributed by atoms with E-state index in [-0.39, 0.29) is 5.69 Å². The maximum absolute atomic E-state index is 13.7. The van der Waals surface area contributed by atoms with Crippen LogP contribution in [0.25, 0.3) is 10.2 Å². The molecule has 182 valence electrons. The first-order valence-corrected chi connectivity index (χ1v) is 12.6. The zero-order valence-corrected chi connectivity index (χ0v) is 21.4. The van der Waals surface area contributed by atoms with Gasteiger partial charge in [0.15, 0.2) is 0 Å². The summed E-state index contributed by atoms with van der Waals surface area (Å²) in [5.74, 6) is 0.747. The molecule has 8 nitrogen and oxygen atoms in total. The Kier molecular flexibility index (Phi) is 7.02. The van der Waals surface area contributed by atoms with Crippen LogP contribution < -0.4 is 9.75 Å². The van der Waals surface area contributed by atoms with Crippen LogP contribution in [0.4, 0.5) is 10.8 Å². The smallest absolute Gasteiger partial charge is 0.280 e. The quantitative estimate of drug-likeness (QED) is 0.115. The molecule has 1 amide bonds. The number of non-ortho nitro benzene ring substituents is 1. The summed E-state index contributed by atoms with van der Waals surface area (Å²) in [7, 11) is 0. The molecule has 5 aromatic rings. The maximum atomic E-state index is 13.7. The first kappa shape index (κ1) is 24.3. The lowest BCUT2D eigenvalue weighted by atomic mass is 10.2. The Balaban J connectivity index is 1.50. The molecule has 0 bridgehead atoms. The number of fused-ring (bicyclic) bond motifs is 1. The van der Waals surface area contributed by atoms with Crippen LogP contribution in [0.2, 0.25) is 0 Å². The minimum atomic E-state index is -0.472. The number of hydrazone groups is 1. The Bertz CT molecular complexity index is 1620. The number of carbonyl (C=O) groups is 1. The fourth-order valence-electron chi connectivity index (χ4n) is 3.41. The van der Waals surface area contributed by atoms with Gasteiger partial charge in [-0.1, -0.05) is 51.5 Å². The van der Waals surface area contributed by atoms with Crippen LogP contribution in [-0.4, -0.2) is 22.0 Å². The number of benzene rings is 4. The number of hydrogen-bond donors (Lipinski definition) is 0. The van der Waals surface area contributed by atoms with Crippen molar-refractivity contribution in [2.75, 3.05) is 5.01 Å². The number of ether oxygens (including phenoxy) is 1. The van der Waals surface area contributed by atoms with Gasteiger partial charge < -0.3 is 4.74 Å². The number of rotatable bonds is 7. The Morgan fingerprint density at radius 3 is 2.49 bits per heavy atom. The van der Waals surface area contributed by atoms with Gasteiger partial charge in [0, 0.05) is 22.2 Å². The monoisotopic (exact) mass is 572 g/mol. The number of thiazole rings is 1. The van der Waals surface area contributed by atoms with Gasteiger partial charge in [-0.05, 0) is 66.2 Å². The Morgan fingerprint density at radius 2 is 1.73 bits per heavy atom. The van der Waals surface area contributed by atoms with E-state index in [0.29, 0.717) is 27.8 Å². The second-order valence-electron chi connectivity index (χ2n) is 7.76. The lowest BCUT2D eigenvalue weighted by molar-refractivity contribution is -0.384. The number of carbonyl (C=O) groups excluding carboxylic acids is 1. The number of nitro benzene ring substituents is 1. The molecule has 1 heterocycles. The molecule has 0 radical (unpaired) electrons. The summed E-state index contributed by atoms with van der Waals surface area (Å²) >= 11 is 4.78. The molecule has 0 fully saturated rings. The molecular weight excluding hydrogens is 556 g/mol. The summed E-state index contributed by atoms with van der Waals surface area (Å²) in [6.07, 6.45) is 1.47. The van der Waals surface area contributed by atoms with Crippen LogP contribution in [0.1, 0.15) is 15.9 Å². The van der Waals surface area contributed by atoms with Crippen LogP contribution in [0.15, 0.2) is 107 Å². The average molecular weight is 573 g/mol. The van der Waals surface area contributed by atoms with Gasteiger partial charge in [-0.25, -0.2) is 4.98 Å². The molecule has 0 N–H and O–H groups in total. The number of amides is 1. The van der Waals surface area contributed by atoms with E-state index in [9.17, 15) is 14.9 Å². The summed E-state index contributed by atoms with van der Waals surface area (Å²) in [5.41, 5.74) is 1.65. The molecule has 0 spiro atoms. The van der Waals surface area contributed by atoms with Crippen molar-refractivity contribution >= 4 is 60.4 Å². The van der Waals surface area contributed by atoms with Gasteiger partial charge in [0.2, 0.25) is 5.13 Å². The topological polar surface area (TPSA) is 97.9 Å². The van der Waals surface area contributed by atoms with Crippen LogP contribution in [0, 0.1) is 10.1 Å². The van der Waals surface area contributed by atoms with Crippen molar-refractivity contribution in [1.29, 1.82) is 0 Å². The van der Waals surface area contributed by atoms with Gasteiger partial charge in [-0.3, -0.25) is 14.9 Å². The first-order valence-electron chi connectivity index (χ1n) is 11.0.